The number of aliphatic hydroxyl groups excluding tert-OH is 1. The molecule has 130 valence electrons. The number of pyridine rings is 1. The van der Waals surface area contributed by atoms with Gasteiger partial charge in [-0.05, 0) is 37.1 Å². The number of rotatable bonds is 5. The third kappa shape index (κ3) is 3.95. The summed E-state index contributed by atoms with van der Waals surface area (Å²) in [7, 11) is 0. The first-order chi connectivity index (χ1) is 12.1. The van der Waals surface area contributed by atoms with E-state index in [-0.39, 0.29) is 24.6 Å². The van der Waals surface area contributed by atoms with Crippen molar-refractivity contribution in [1.29, 1.82) is 0 Å². The van der Waals surface area contributed by atoms with Crippen LogP contribution in [-0.4, -0.2) is 33.8 Å². The maximum atomic E-state index is 12.0. The molecular formula is C18H20N4O3. The summed E-state index contributed by atoms with van der Waals surface area (Å²) >= 11 is 0. The molecular weight excluding hydrogens is 320 g/mol. The number of aromatic nitrogens is 2. The number of carbonyl (C=O) groups excluding carboxylic acids is 1. The fraction of sp³-hybridized carbons (Fsp3) is 0.278. The number of nitrogens with zero attached hydrogens (tertiary/aromatic N) is 2. The van der Waals surface area contributed by atoms with Crippen LogP contribution in [0.5, 0.6) is 0 Å². The molecule has 0 aliphatic carbocycles. The van der Waals surface area contributed by atoms with Gasteiger partial charge in [0.1, 0.15) is 11.2 Å². The molecule has 2 aromatic heterocycles. The Morgan fingerprint density at radius 3 is 2.84 bits per heavy atom. The Bertz CT molecular complexity index is 863. The van der Waals surface area contributed by atoms with E-state index in [2.05, 4.69) is 20.6 Å². The molecule has 3 N–H and O–H groups in total. The Balaban J connectivity index is 1.74. The molecule has 0 aliphatic rings. The Kier molecular flexibility index (Phi) is 4.95. The molecule has 2 amide bonds. The van der Waals surface area contributed by atoms with E-state index in [0.717, 1.165) is 0 Å². The van der Waals surface area contributed by atoms with Crippen molar-refractivity contribution >= 4 is 22.8 Å². The summed E-state index contributed by atoms with van der Waals surface area (Å²) in [5, 5.41) is 14.7. The highest BCUT2D eigenvalue weighted by atomic mass is 16.3. The van der Waals surface area contributed by atoms with E-state index in [9.17, 15) is 4.79 Å². The number of benzene rings is 1. The van der Waals surface area contributed by atoms with Crippen molar-refractivity contribution in [3.8, 4) is 11.6 Å². The third-order valence-corrected chi connectivity index (χ3v) is 4.03. The third-order valence-electron chi connectivity index (χ3n) is 4.03. The van der Waals surface area contributed by atoms with E-state index in [1.54, 1.807) is 24.4 Å². The first kappa shape index (κ1) is 16.9. The maximum absolute atomic E-state index is 12.0. The molecule has 0 radical (unpaired) electrons. The zero-order chi connectivity index (χ0) is 17.8. The average molecular weight is 340 g/mol. The SMILES string of the molecule is C[C@@H](CO)[C@@H](C)NC(=O)Nc1ccc2nc(-c3ccccn3)oc2c1. The minimum Gasteiger partial charge on any atom is -0.435 e. The van der Waals surface area contributed by atoms with Gasteiger partial charge in [-0.1, -0.05) is 13.0 Å². The number of hydrogen-bond donors (Lipinski definition) is 3. The summed E-state index contributed by atoms with van der Waals surface area (Å²) in [4.78, 5) is 20.7. The molecule has 2 heterocycles. The standard InChI is InChI=1S/C18H20N4O3/c1-11(10-23)12(2)20-18(24)21-13-6-7-14-16(9-13)25-17(22-14)15-5-3-4-8-19-15/h3-9,11-12,23H,10H2,1-2H3,(H2,20,21,24)/t11-,12+/m0/s1. The fourth-order valence-corrected chi connectivity index (χ4v) is 2.28. The summed E-state index contributed by atoms with van der Waals surface area (Å²) in [6.07, 6.45) is 1.68. The van der Waals surface area contributed by atoms with Crippen LogP contribution < -0.4 is 10.6 Å². The lowest BCUT2D eigenvalue weighted by molar-refractivity contribution is 0.204. The van der Waals surface area contributed by atoms with Crippen LogP contribution in [0.25, 0.3) is 22.7 Å². The van der Waals surface area contributed by atoms with Crippen molar-refractivity contribution in [2.45, 2.75) is 19.9 Å². The molecule has 0 aliphatic heterocycles. The Morgan fingerprint density at radius 1 is 1.28 bits per heavy atom. The van der Waals surface area contributed by atoms with Crippen LogP contribution in [-0.2, 0) is 0 Å². The number of anilines is 1. The van der Waals surface area contributed by atoms with Gasteiger partial charge >= 0.3 is 6.03 Å². The van der Waals surface area contributed by atoms with Crippen molar-refractivity contribution in [1.82, 2.24) is 15.3 Å². The van der Waals surface area contributed by atoms with Gasteiger partial charge in [0.2, 0.25) is 5.89 Å². The lowest BCUT2D eigenvalue weighted by Crippen LogP contribution is -2.40. The first-order valence-electron chi connectivity index (χ1n) is 8.07. The van der Waals surface area contributed by atoms with E-state index in [0.29, 0.717) is 28.4 Å². The molecule has 7 heteroatoms. The van der Waals surface area contributed by atoms with Crippen molar-refractivity contribution in [3.05, 3.63) is 42.6 Å². The largest absolute Gasteiger partial charge is 0.435 e. The molecule has 0 unspecified atom stereocenters. The summed E-state index contributed by atoms with van der Waals surface area (Å²) in [6, 6.07) is 10.3. The van der Waals surface area contributed by atoms with Gasteiger partial charge in [-0.2, -0.15) is 0 Å². The predicted molar refractivity (Wildman–Crippen MR) is 95.1 cm³/mol. The second kappa shape index (κ2) is 7.31. The van der Waals surface area contributed by atoms with E-state index >= 15 is 0 Å². The number of fused-ring (bicyclic) bond motifs is 1. The summed E-state index contributed by atoms with van der Waals surface area (Å²) in [5.74, 6) is 0.408. The number of oxazole rings is 1. The van der Waals surface area contributed by atoms with Crippen molar-refractivity contribution < 1.29 is 14.3 Å². The minimum atomic E-state index is -0.336. The van der Waals surface area contributed by atoms with Gasteiger partial charge in [0.15, 0.2) is 5.58 Å². The van der Waals surface area contributed by atoms with Crippen LogP contribution in [0.2, 0.25) is 0 Å². The molecule has 7 nitrogen and oxygen atoms in total. The first-order valence-corrected chi connectivity index (χ1v) is 8.07. The molecule has 0 saturated heterocycles. The number of nitrogens with one attached hydrogen (secondary N) is 2. The number of hydrogen-bond acceptors (Lipinski definition) is 5. The summed E-state index contributed by atoms with van der Waals surface area (Å²) < 4.78 is 5.73. The van der Waals surface area contributed by atoms with Crippen LogP contribution in [0.1, 0.15) is 13.8 Å². The number of aliphatic hydroxyl groups is 1. The molecule has 0 saturated carbocycles. The highest BCUT2D eigenvalue weighted by Gasteiger charge is 2.15. The van der Waals surface area contributed by atoms with E-state index in [1.165, 1.54) is 0 Å². The van der Waals surface area contributed by atoms with Gasteiger partial charge in [0.25, 0.3) is 0 Å². The summed E-state index contributed by atoms with van der Waals surface area (Å²) in [6.45, 7) is 3.73. The Morgan fingerprint density at radius 2 is 2.12 bits per heavy atom. The zero-order valence-electron chi connectivity index (χ0n) is 14.1. The average Bonchev–Trinajstić information content (AvgIpc) is 3.05. The van der Waals surface area contributed by atoms with Crippen LogP contribution in [0.4, 0.5) is 10.5 Å². The molecule has 3 aromatic rings. The molecule has 0 fully saturated rings. The van der Waals surface area contributed by atoms with Crippen molar-refractivity contribution in [3.63, 3.8) is 0 Å². The molecule has 0 bridgehead atoms. The lowest BCUT2D eigenvalue weighted by Gasteiger charge is -2.19. The highest BCUT2D eigenvalue weighted by molar-refractivity contribution is 5.92. The molecule has 1 aromatic carbocycles. The molecule has 3 rings (SSSR count). The lowest BCUT2D eigenvalue weighted by atomic mass is 10.1. The Labute approximate surface area is 145 Å². The minimum absolute atomic E-state index is 0.0156. The van der Waals surface area contributed by atoms with Gasteiger partial charge in [0, 0.05) is 30.6 Å². The molecule has 2 atom stereocenters. The van der Waals surface area contributed by atoms with Gasteiger partial charge < -0.3 is 20.2 Å². The predicted octanol–water partition coefficient (Wildman–Crippen LogP) is 3.03. The number of urea groups is 1. The number of amides is 2. The topological polar surface area (TPSA) is 100 Å². The van der Waals surface area contributed by atoms with Crippen molar-refractivity contribution in [2.24, 2.45) is 5.92 Å². The van der Waals surface area contributed by atoms with E-state index < -0.39 is 0 Å². The van der Waals surface area contributed by atoms with Gasteiger partial charge in [-0.25, -0.2) is 9.78 Å². The second-order valence-corrected chi connectivity index (χ2v) is 5.96. The van der Waals surface area contributed by atoms with Crippen LogP contribution >= 0.6 is 0 Å². The highest BCUT2D eigenvalue weighted by Crippen LogP contribution is 2.25. The monoisotopic (exact) mass is 340 g/mol. The van der Waals surface area contributed by atoms with Gasteiger partial charge in [-0.3, -0.25) is 4.98 Å². The summed E-state index contributed by atoms with van der Waals surface area (Å²) in [5.41, 5.74) is 2.50. The van der Waals surface area contributed by atoms with Crippen LogP contribution in [0.3, 0.4) is 0 Å². The number of carbonyl (C=O) groups is 1. The molecule has 25 heavy (non-hydrogen) atoms. The van der Waals surface area contributed by atoms with E-state index in [1.807, 2.05) is 32.0 Å². The van der Waals surface area contributed by atoms with Crippen LogP contribution in [0, 0.1) is 5.92 Å². The second-order valence-electron chi connectivity index (χ2n) is 5.96. The fourth-order valence-electron chi connectivity index (χ4n) is 2.28. The quantitative estimate of drug-likeness (QED) is 0.663. The van der Waals surface area contributed by atoms with E-state index in [4.69, 9.17) is 9.52 Å². The van der Waals surface area contributed by atoms with Crippen LogP contribution in [0.15, 0.2) is 47.0 Å². The normalized spacial score (nSPS) is 13.4. The smallest absolute Gasteiger partial charge is 0.319 e. The maximum Gasteiger partial charge on any atom is 0.319 e. The van der Waals surface area contributed by atoms with Crippen molar-refractivity contribution in [2.75, 3.05) is 11.9 Å². The Hall–Kier alpha value is -2.93. The molecule has 0 spiro atoms. The zero-order valence-corrected chi connectivity index (χ0v) is 14.1. The van der Waals surface area contributed by atoms with Gasteiger partial charge in [-0.15, -0.1) is 0 Å². The van der Waals surface area contributed by atoms with Gasteiger partial charge in [0.05, 0.1) is 0 Å².